The standard InChI is InChI=1S/C38H26F4N6/c1-4-23(17-35(39)43-3)27-11-28(24-5-8-44-36(40)18-24)14-31(13-27)33-21-34(48-22(2)47-33)32-15-29(25-6-9-45-37(41)19-25)12-30(16-32)26-7-10-46-38(42)20-26/h4-21H,3H2,1-2H3/b23-4+,35-17-. The molecule has 0 bridgehead atoms. The van der Waals surface area contributed by atoms with Crippen molar-refractivity contribution in [2.45, 2.75) is 13.8 Å². The first kappa shape index (κ1) is 31.8. The van der Waals surface area contributed by atoms with Crippen molar-refractivity contribution in [1.82, 2.24) is 24.9 Å². The van der Waals surface area contributed by atoms with E-state index in [2.05, 4.69) is 26.7 Å². The summed E-state index contributed by atoms with van der Waals surface area (Å²) in [4.78, 5) is 23.8. The van der Waals surface area contributed by atoms with Gasteiger partial charge in [-0.25, -0.2) is 29.9 Å². The molecule has 0 aliphatic carbocycles. The molecule has 4 heterocycles. The topological polar surface area (TPSA) is 76.8 Å². The molecule has 0 saturated heterocycles. The van der Waals surface area contributed by atoms with Crippen molar-refractivity contribution in [1.29, 1.82) is 0 Å². The smallest absolute Gasteiger partial charge is 0.213 e. The Morgan fingerprint density at radius 2 is 1.02 bits per heavy atom. The maximum Gasteiger partial charge on any atom is 0.213 e. The van der Waals surface area contributed by atoms with Gasteiger partial charge in [-0.15, -0.1) is 0 Å². The van der Waals surface area contributed by atoms with Crippen molar-refractivity contribution >= 4 is 12.3 Å². The van der Waals surface area contributed by atoms with Gasteiger partial charge in [-0.2, -0.15) is 17.6 Å². The van der Waals surface area contributed by atoms with Crippen LogP contribution >= 0.6 is 0 Å². The first-order valence-electron chi connectivity index (χ1n) is 14.7. The zero-order chi connectivity index (χ0) is 33.8. The molecule has 0 amide bonds. The summed E-state index contributed by atoms with van der Waals surface area (Å²) < 4.78 is 56.8. The van der Waals surface area contributed by atoms with Gasteiger partial charge in [-0.1, -0.05) is 6.08 Å². The first-order valence-corrected chi connectivity index (χ1v) is 14.7. The molecule has 0 spiro atoms. The molecule has 0 aliphatic rings. The van der Waals surface area contributed by atoms with Gasteiger partial charge < -0.3 is 0 Å². The second-order valence-corrected chi connectivity index (χ2v) is 10.8. The highest BCUT2D eigenvalue weighted by atomic mass is 19.1. The maximum absolute atomic E-state index is 14.3. The predicted molar refractivity (Wildman–Crippen MR) is 180 cm³/mol. The van der Waals surface area contributed by atoms with Crippen molar-refractivity contribution in [3.05, 3.63) is 145 Å². The number of aliphatic imine (C=N–C) groups is 1. The minimum absolute atomic E-state index is 0.453. The number of aryl methyl sites for hydroxylation is 1. The summed E-state index contributed by atoms with van der Waals surface area (Å²) in [5, 5.41) is 0. The second-order valence-electron chi connectivity index (χ2n) is 10.8. The molecule has 0 radical (unpaired) electrons. The van der Waals surface area contributed by atoms with E-state index >= 15 is 0 Å². The van der Waals surface area contributed by atoms with E-state index < -0.39 is 23.8 Å². The van der Waals surface area contributed by atoms with Crippen LogP contribution in [0.4, 0.5) is 17.6 Å². The minimum atomic E-state index is -0.760. The van der Waals surface area contributed by atoms with E-state index in [1.54, 1.807) is 44.2 Å². The lowest BCUT2D eigenvalue weighted by Gasteiger charge is -2.14. The Hall–Kier alpha value is -6.16. The molecule has 0 aliphatic heterocycles. The van der Waals surface area contributed by atoms with E-state index in [-0.39, 0.29) is 0 Å². The molecule has 0 fully saturated rings. The van der Waals surface area contributed by atoms with Crippen LogP contribution in [0.15, 0.2) is 121 Å². The van der Waals surface area contributed by atoms with E-state index in [4.69, 9.17) is 9.97 Å². The van der Waals surface area contributed by atoms with Gasteiger partial charge in [0.25, 0.3) is 0 Å². The van der Waals surface area contributed by atoms with Gasteiger partial charge in [0.05, 0.1) is 11.4 Å². The lowest BCUT2D eigenvalue weighted by Crippen LogP contribution is -1.97. The third-order valence-electron chi connectivity index (χ3n) is 7.55. The van der Waals surface area contributed by atoms with Crippen LogP contribution in [0.1, 0.15) is 18.3 Å². The fraction of sp³-hybridized carbons (Fsp3) is 0.0526. The number of pyridine rings is 3. The molecule has 10 heteroatoms. The van der Waals surface area contributed by atoms with E-state index in [0.29, 0.717) is 72.9 Å². The van der Waals surface area contributed by atoms with Crippen LogP contribution in [0.25, 0.3) is 61.5 Å². The molecule has 48 heavy (non-hydrogen) atoms. The van der Waals surface area contributed by atoms with Crippen LogP contribution in [-0.4, -0.2) is 31.6 Å². The van der Waals surface area contributed by atoms with Gasteiger partial charge in [0, 0.05) is 54.0 Å². The SMILES string of the molecule is C=N/C(F)=C\C(=C/C)c1cc(-c2ccnc(F)c2)cc(-c2cc(-c3cc(-c4ccnc(F)c4)cc(-c4ccnc(F)c4)c3)nc(C)n2)c1. The van der Waals surface area contributed by atoms with Crippen LogP contribution in [0.3, 0.4) is 0 Å². The fourth-order valence-corrected chi connectivity index (χ4v) is 5.33. The second kappa shape index (κ2) is 13.7. The molecule has 6 rings (SSSR count). The molecule has 6 aromatic rings. The van der Waals surface area contributed by atoms with E-state index in [0.717, 1.165) is 0 Å². The van der Waals surface area contributed by atoms with Crippen molar-refractivity contribution in [3.63, 3.8) is 0 Å². The van der Waals surface area contributed by atoms with E-state index in [1.165, 1.54) is 42.9 Å². The molecule has 6 nitrogen and oxygen atoms in total. The number of hydrogen-bond donors (Lipinski definition) is 0. The average Bonchev–Trinajstić information content (AvgIpc) is 3.09. The average molecular weight is 643 g/mol. The summed E-state index contributed by atoms with van der Waals surface area (Å²) in [6.45, 7) is 6.78. The first-order chi connectivity index (χ1) is 23.2. The Bertz CT molecular complexity index is 2180. The molecular formula is C38H26F4N6. The lowest BCUT2D eigenvalue weighted by atomic mass is 9.93. The zero-order valence-electron chi connectivity index (χ0n) is 25.8. The molecule has 0 saturated carbocycles. The monoisotopic (exact) mass is 642 g/mol. The van der Waals surface area contributed by atoms with Gasteiger partial charge in [-0.3, -0.25) is 0 Å². The highest BCUT2D eigenvalue weighted by Crippen LogP contribution is 2.36. The quantitative estimate of drug-likeness (QED) is 0.0543. The molecule has 236 valence electrons. The fourth-order valence-electron chi connectivity index (χ4n) is 5.33. The molecule has 4 aromatic heterocycles. The van der Waals surface area contributed by atoms with Gasteiger partial charge in [0.15, 0.2) is 0 Å². The van der Waals surface area contributed by atoms with E-state index in [9.17, 15) is 17.6 Å². The summed E-state index contributed by atoms with van der Waals surface area (Å²) in [5.74, 6) is -2.23. The van der Waals surface area contributed by atoms with E-state index in [1.807, 2.05) is 36.4 Å². The zero-order valence-corrected chi connectivity index (χ0v) is 25.8. The van der Waals surface area contributed by atoms with Crippen molar-refractivity contribution in [3.8, 4) is 55.9 Å². The summed E-state index contributed by atoms with van der Waals surface area (Å²) in [5.41, 5.74) is 7.20. The number of rotatable bonds is 8. The summed E-state index contributed by atoms with van der Waals surface area (Å²) in [7, 11) is 0. The molecule has 0 atom stereocenters. The van der Waals surface area contributed by atoms with Gasteiger partial charge in [-0.05, 0) is 126 Å². The third kappa shape index (κ3) is 7.13. The summed E-state index contributed by atoms with van der Waals surface area (Å²) >= 11 is 0. The van der Waals surface area contributed by atoms with Crippen LogP contribution in [0.2, 0.25) is 0 Å². The molecule has 0 unspecified atom stereocenters. The van der Waals surface area contributed by atoms with Crippen molar-refractivity contribution in [2.24, 2.45) is 4.99 Å². The van der Waals surface area contributed by atoms with Gasteiger partial charge in [0.1, 0.15) is 5.82 Å². The summed E-state index contributed by atoms with van der Waals surface area (Å²) in [6.07, 6.45) is 7.11. The molecular weight excluding hydrogens is 616 g/mol. The summed E-state index contributed by atoms with van der Waals surface area (Å²) in [6, 6.07) is 21.8. The lowest BCUT2D eigenvalue weighted by molar-refractivity contribution is 0.584. The Balaban J connectivity index is 1.55. The molecule has 0 N–H and O–H groups in total. The van der Waals surface area contributed by atoms with Crippen molar-refractivity contribution < 1.29 is 17.6 Å². The Kier molecular flexibility index (Phi) is 9.06. The Morgan fingerprint density at radius 3 is 1.46 bits per heavy atom. The highest BCUT2D eigenvalue weighted by molar-refractivity contribution is 5.84. The Morgan fingerprint density at radius 1 is 0.604 bits per heavy atom. The van der Waals surface area contributed by atoms with Crippen LogP contribution in [0, 0.1) is 24.8 Å². The number of nitrogens with zero attached hydrogens (tertiary/aromatic N) is 6. The highest BCUT2D eigenvalue weighted by Gasteiger charge is 2.15. The van der Waals surface area contributed by atoms with Crippen LogP contribution in [0.5, 0.6) is 0 Å². The normalized spacial score (nSPS) is 11.9. The number of benzene rings is 2. The predicted octanol–water partition coefficient (Wildman–Crippen LogP) is 9.64. The van der Waals surface area contributed by atoms with Gasteiger partial charge >= 0.3 is 0 Å². The van der Waals surface area contributed by atoms with Crippen LogP contribution < -0.4 is 0 Å². The molecule has 2 aromatic carbocycles. The van der Waals surface area contributed by atoms with Gasteiger partial charge in [0.2, 0.25) is 23.8 Å². The van der Waals surface area contributed by atoms with Crippen LogP contribution in [-0.2, 0) is 0 Å². The number of aromatic nitrogens is 5. The largest absolute Gasteiger partial charge is 0.236 e. The number of hydrogen-bond acceptors (Lipinski definition) is 6. The minimum Gasteiger partial charge on any atom is -0.236 e. The van der Waals surface area contributed by atoms with Crippen molar-refractivity contribution in [2.75, 3.05) is 0 Å². The Labute approximate surface area is 274 Å². The number of halogens is 4. The third-order valence-corrected chi connectivity index (χ3v) is 7.55. The number of allylic oxidation sites excluding steroid dienone is 3. The maximum atomic E-state index is 14.3.